The first-order chi connectivity index (χ1) is 14.6. The lowest BCUT2D eigenvalue weighted by Gasteiger charge is -2.15. The molecule has 0 aliphatic heterocycles. The van der Waals surface area contributed by atoms with Crippen molar-refractivity contribution < 1.29 is 9.59 Å². The molecule has 1 fully saturated rings. The summed E-state index contributed by atoms with van der Waals surface area (Å²) in [5.41, 5.74) is 1.99. The average Bonchev–Trinajstić information content (AvgIpc) is 3.52. The van der Waals surface area contributed by atoms with Crippen LogP contribution in [-0.2, 0) is 16.0 Å². The van der Waals surface area contributed by atoms with Gasteiger partial charge in [-0.05, 0) is 43.9 Å². The SMILES string of the molecule is CC(=O)[C@@H](Cc1ccccc1)NC(=O)CSc1nc(C2CC2)n(-c2ccccc2)n1. The summed E-state index contributed by atoms with van der Waals surface area (Å²) >= 11 is 1.30. The number of nitrogens with zero attached hydrogens (tertiary/aromatic N) is 3. The Hall–Kier alpha value is -2.93. The minimum Gasteiger partial charge on any atom is -0.345 e. The van der Waals surface area contributed by atoms with E-state index in [1.165, 1.54) is 18.7 Å². The maximum Gasteiger partial charge on any atom is 0.231 e. The van der Waals surface area contributed by atoms with Crippen molar-refractivity contribution in [1.29, 1.82) is 0 Å². The van der Waals surface area contributed by atoms with E-state index in [0.717, 1.165) is 29.9 Å². The highest BCUT2D eigenvalue weighted by Crippen LogP contribution is 2.40. The predicted molar refractivity (Wildman–Crippen MR) is 117 cm³/mol. The number of thioether (sulfide) groups is 1. The number of carbonyl (C=O) groups is 2. The van der Waals surface area contributed by atoms with Gasteiger partial charge in [0.25, 0.3) is 0 Å². The van der Waals surface area contributed by atoms with Crippen molar-refractivity contribution in [3.8, 4) is 5.69 Å². The number of ketones is 1. The molecule has 0 saturated heterocycles. The van der Waals surface area contributed by atoms with E-state index >= 15 is 0 Å². The third-order valence-electron chi connectivity index (χ3n) is 5.00. The van der Waals surface area contributed by atoms with Gasteiger partial charge in [0.15, 0.2) is 5.78 Å². The molecule has 6 nitrogen and oxygen atoms in total. The average molecular weight is 421 g/mol. The maximum absolute atomic E-state index is 12.5. The molecule has 0 radical (unpaired) electrons. The summed E-state index contributed by atoms with van der Waals surface area (Å²) in [5.74, 6) is 1.31. The smallest absolute Gasteiger partial charge is 0.231 e. The molecule has 3 aromatic rings. The fraction of sp³-hybridized carbons (Fsp3) is 0.304. The van der Waals surface area contributed by atoms with Crippen molar-refractivity contribution in [2.45, 2.75) is 43.3 Å². The van der Waals surface area contributed by atoms with Crippen molar-refractivity contribution in [3.63, 3.8) is 0 Å². The zero-order chi connectivity index (χ0) is 20.9. The van der Waals surface area contributed by atoms with Gasteiger partial charge >= 0.3 is 0 Å². The molecular weight excluding hydrogens is 396 g/mol. The largest absolute Gasteiger partial charge is 0.345 e. The molecule has 7 heteroatoms. The Kier molecular flexibility index (Phi) is 6.28. The molecule has 1 saturated carbocycles. The standard InChI is InChI=1S/C23H24N4O2S/c1-16(28)20(14-17-8-4-2-5-9-17)24-21(29)15-30-23-25-22(18-12-13-18)27(26-23)19-10-6-3-7-11-19/h2-11,18,20H,12-15H2,1H3,(H,24,29)/t20-/m1/s1. The van der Waals surface area contributed by atoms with Crippen molar-refractivity contribution >= 4 is 23.5 Å². The molecule has 0 unspecified atom stereocenters. The van der Waals surface area contributed by atoms with Crippen LogP contribution in [0.25, 0.3) is 5.69 Å². The molecule has 0 bridgehead atoms. The summed E-state index contributed by atoms with van der Waals surface area (Å²) in [4.78, 5) is 29.1. The lowest BCUT2D eigenvalue weighted by Crippen LogP contribution is -2.42. The molecular formula is C23H24N4O2S. The number of carbonyl (C=O) groups excluding carboxylic acids is 2. The zero-order valence-corrected chi connectivity index (χ0v) is 17.6. The minimum atomic E-state index is -0.530. The molecule has 1 N–H and O–H groups in total. The van der Waals surface area contributed by atoms with E-state index in [0.29, 0.717) is 17.5 Å². The number of hydrogen-bond acceptors (Lipinski definition) is 5. The van der Waals surface area contributed by atoms with Crippen LogP contribution >= 0.6 is 11.8 Å². The Bertz CT molecular complexity index is 1020. The summed E-state index contributed by atoms with van der Waals surface area (Å²) < 4.78 is 1.88. The Labute approximate surface area is 180 Å². The van der Waals surface area contributed by atoms with Gasteiger partial charge in [-0.1, -0.05) is 60.3 Å². The Morgan fingerprint density at radius 1 is 1.10 bits per heavy atom. The zero-order valence-electron chi connectivity index (χ0n) is 16.8. The number of Topliss-reactive ketones (excluding diaryl/α,β-unsaturated/α-hetero) is 1. The van der Waals surface area contributed by atoms with E-state index in [-0.39, 0.29) is 17.4 Å². The number of benzene rings is 2. The first kappa shape index (κ1) is 20.3. The molecule has 1 amide bonds. The second kappa shape index (κ2) is 9.26. The first-order valence-corrected chi connectivity index (χ1v) is 11.1. The molecule has 1 heterocycles. The molecule has 1 atom stereocenters. The fourth-order valence-electron chi connectivity index (χ4n) is 3.24. The van der Waals surface area contributed by atoms with E-state index in [1.807, 2.05) is 65.3 Å². The van der Waals surface area contributed by atoms with Gasteiger partial charge < -0.3 is 5.32 Å². The molecule has 2 aromatic carbocycles. The Morgan fingerprint density at radius 3 is 2.40 bits per heavy atom. The highest BCUT2D eigenvalue weighted by Gasteiger charge is 2.30. The van der Waals surface area contributed by atoms with Crippen molar-refractivity contribution in [1.82, 2.24) is 20.1 Å². The fourth-order valence-corrected chi connectivity index (χ4v) is 3.88. The van der Waals surface area contributed by atoms with Crippen LogP contribution in [0.2, 0.25) is 0 Å². The maximum atomic E-state index is 12.5. The van der Waals surface area contributed by atoms with Gasteiger partial charge in [-0.2, -0.15) is 0 Å². The van der Waals surface area contributed by atoms with Crippen LogP contribution in [0.3, 0.4) is 0 Å². The van der Waals surface area contributed by atoms with Crippen molar-refractivity contribution in [2.24, 2.45) is 0 Å². The van der Waals surface area contributed by atoms with Crippen LogP contribution in [0.1, 0.15) is 37.1 Å². The van der Waals surface area contributed by atoms with Gasteiger partial charge in [0.05, 0.1) is 17.5 Å². The summed E-state index contributed by atoms with van der Waals surface area (Å²) in [6, 6.07) is 19.1. The summed E-state index contributed by atoms with van der Waals surface area (Å²) in [6.07, 6.45) is 2.73. The van der Waals surface area contributed by atoms with Crippen LogP contribution in [0, 0.1) is 0 Å². The third kappa shape index (κ3) is 5.16. The topological polar surface area (TPSA) is 76.9 Å². The second-order valence-electron chi connectivity index (χ2n) is 7.48. The molecule has 4 rings (SSSR count). The van der Waals surface area contributed by atoms with Crippen molar-refractivity contribution in [2.75, 3.05) is 5.75 Å². The highest BCUT2D eigenvalue weighted by molar-refractivity contribution is 7.99. The van der Waals surface area contributed by atoms with Crippen LogP contribution < -0.4 is 5.32 Å². The van der Waals surface area contributed by atoms with E-state index in [2.05, 4.69) is 15.4 Å². The highest BCUT2D eigenvalue weighted by atomic mass is 32.2. The lowest BCUT2D eigenvalue weighted by molar-refractivity contribution is -0.125. The van der Waals surface area contributed by atoms with E-state index in [4.69, 9.17) is 0 Å². The van der Waals surface area contributed by atoms with Gasteiger partial charge in [0.1, 0.15) is 5.82 Å². The molecule has 1 aliphatic rings. The molecule has 154 valence electrons. The van der Waals surface area contributed by atoms with Gasteiger partial charge in [-0.3, -0.25) is 9.59 Å². The first-order valence-electron chi connectivity index (χ1n) is 10.1. The number of hydrogen-bond donors (Lipinski definition) is 1. The number of amides is 1. The van der Waals surface area contributed by atoms with Crippen molar-refractivity contribution in [3.05, 3.63) is 72.1 Å². The van der Waals surface area contributed by atoms with Crippen LogP contribution in [0.15, 0.2) is 65.8 Å². The van der Waals surface area contributed by atoms with E-state index in [1.54, 1.807) is 0 Å². The van der Waals surface area contributed by atoms with E-state index < -0.39 is 6.04 Å². The van der Waals surface area contributed by atoms with Gasteiger partial charge in [0.2, 0.25) is 11.1 Å². The quantitative estimate of drug-likeness (QED) is 0.536. The number of aromatic nitrogens is 3. The summed E-state index contributed by atoms with van der Waals surface area (Å²) in [7, 11) is 0. The monoisotopic (exact) mass is 420 g/mol. The Balaban J connectivity index is 1.39. The second-order valence-corrected chi connectivity index (χ2v) is 8.43. The van der Waals surface area contributed by atoms with Gasteiger partial charge in [-0.15, -0.1) is 5.10 Å². The number of para-hydroxylation sites is 1. The van der Waals surface area contributed by atoms with E-state index in [9.17, 15) is 9.59 Å². The normalized spacial score (nSPS) is 14.3. The number of rotatable bonds is 9. The predicted octanol–water partition coefficient (Wildman–Crippen LogP) is 3.55. The summed E-state index contributed by atoms with van der Waals surface area (Å²) in [5, 5.41) is 8.05. The molecule has 1 aliphatic carbocycles. The molecule has 1 aromatic heterocycles. The third-order valence-corrected chi connectivity index (χ3v) is 5.83. The van der Waals surface area contributed by atoms with Gasteiger partial charge in [0, 0.05) is 5.92 Å². The molecule has 0 spiro atoms. The van der Waals surface area contributed by atoms with Gasteiger partial charge in [-0.25, -0.2) is 9.67 Å². The Morgan fingerprint density at radius 2 is 1.77 bits per heavy atom. The molecule has 30 heavy (non-hydrogen) atoms. The van der Waals surface area contributed by atoms with Crippen LogP contribution in [0.4, 0.5) is 0 Å². The lowest BCUT2D eigenvalue weighted by atomic mass is 10.0. The van der Waals surface area contributed by atoms with Crippen LogP contribution in [0.5, 0.6) is 0 Å². The van der Waals surface area contributed by atoms with Crippen LogP contribution in [-0.4, -0.2) is 38.2 Å². The number of nitrogens with one attached hydrogen (secondary N) is 1. The summed E-state index contributed by atoms with van der Waals surface area (Å²) in [6.45, 7) is 1.51. The minimum absolute atomic E-state index is 0.0558.